The van der Waals surface area contributed by atoms with Gasteiger partial charge in [-0.25, -0.2) is 4.79 Å². The molecule has 0 aromatic heterocycles. The summed E-state index contributed by atoms with van der Waals surface area (Å²) in [5, 5.41) is 11.4. The van der Waals surface area contributed by atoms with Crippen LogP contribution in [0.5, 0.6) is 0 Å². The third-order valence-electron chi connectivity index (χ3n) is 2.97. The zero-order valence-corrected chi connectivity index (χ0v) is 11.3. The highest BCUT2D eigenvalue weighted by molar-refractivity contribution is 5.87. The topological polar surface area (TPSA) is 92.7 Å². The third-order valence-corrected chi connectivity index (χ3v) is 2.97. The van der Waals surface area contributed by atoms with Crippen molar-refractivity contribution in [3.05, 3.63) is 0 Å². The minimum absolute atomic E-state index is 0.0214. The summed E-state index contributed by atoms with van der Waals surface area (Å²) in [7, 11) is 1.23. The number of amides is 1. The van der Waals surface area contributed by atoms with Gasteiger partial charge in [0.2, 0.25) is 5.91 Å². The Bertz CT molecular complexity index is 324. The minimum atomic E-state index is -1.15. The fourth-order valence-electron chi connectivity index (χ4n) is 1.14. The first-order valence-electron chi connectivity index (χ1n) is 5.85. The molecule has 18 heavy (non-hydrogen) atoms. The zero-order valence-electron chi connectivity index (χ0n) is 11.3. The van der Waals surface area contributed by atoms with Gasteiger partial charge in [0.1, 0.15) is 6.04 Å². The van der Waals surface area contributed by atoms with Gasteiger partial charge in [0, 0.05) is 11.8 Å². The number of hydrogen-bond donors (Lipinski definition) is 2. The van der Waals surface area contributed by atoms with Crippen molar-refractivity contribution in [3.63, 3.8) is 0 Å². The van der Waals surface area contributed by atoms with E-state index in [1.807, 2.05) is 6.92 Å². The Morgan fingerprint density at radius 1 is 1.33 bits per heavy atom. The second-order valence-electron chi connectivity index (χ2n) is 4.72. The van der Waals surface area contributed by atoms with Crippen LogP contribution in [0.3, 0.4) is 0 Å². The molecule has 0 rings (SSSR count). The summed E-state index contributed by atoms with van der Waals surface area (Å²) >= 11 is 0. The lowest BCUT2D eigenvalue weighted by molar-refractivity contribution is -0.145. The first-order chi connectivity index (χ1) is 8.24. The van der Waals surface area contributed by atoms with E-state index in [1.54, 1.807) is 13.8 Å². The molecule has 104 valence electrons. The predicted molar refractivity (Wildman–Crippen MR) is 64.9 cm³/mol. The number of carbonyl (C=O) groups excluding carboxylic acids is 2. The summed E-state index contributed by atoms with van der Waals surface area (Å²) in [5.41, 5.74) is -0.626. The molecule has 0 saturated heterocycles. The monoisotopic (exact) mass is 259 g/mol. The third kappa shape index (κ3) is 5.16. The van der Waals surface area contributed by atoms with E-state index < -0.39 is 23.4 Å². The average Bonchev–Trinajstić information content (AvgIpc) is 2.32. The lowest BCUT2D eigenvalue weighted by atomic mass is 9.89. The number of nitrogens with one attached hydrogen (secondary N) is 1. The van der Waals surface area contributed by atoms with Gasteiger partial charge in [0.05, 0.1) is 7.11 Å². The van der Waals surface area contributed by atoms with Crippen molar-refractivity contribution in [1.82, 2.24) is 5.32 Å². The van der Waals surface area contributed by atoms with Gasteiger partial charge in [-0.05, 0) is 12.8 Å². The van der Waals surface area contributed by atoms with Gasteiger partial charge in [-0.1, -0.05) is 20.8 Å². The second kappa shape index (κ2) is 6.98. The van der Waals surface area contributed by atoms with Gasteiger partial charge in [-0.2, -0.15) is 0 Å². The van der Waals surface area contributed by atoms with E-state index in [2.05, 4.69) is 10.1 Å². The van der Waals surface area contributed by atoms with Crippen molar-refractivity contribution in [1.29, 1.82) is 0 Å². The zero-order chi connectivity index (χ0) is 14.3. The fraction of sp³-hybridized carbons (Fsp3) is 0.750. The molecule has 0 spiro atoms. The molecule has 0 aromatic rings. The van der Waals surface area contributed by atoms with Gasteiger partial charge in [0.25, 0.3) is 0 Å². The summed E-state index contributed by atoms with van der Waals surface area (Å²) in [5.74, 6) is -1.98. The first kappa shape index (κ1) is 16.4. The van der Waals surface area contributed by atoms with Crippen LogP contribution in [0.2, 0.25) is 0 Å². The smallest absolute Gasteiger partial charge is 0.326 e. The molecule has 0 aromatic carbocycles. The summed E-state index contributed by atoms with van der Waals surface area (Å²) in [6.45, 7) is 5.33. The van der Waals surface area contributed by atoms with Crippen LogP contribution in [-0.4, -0.2) is 36.1 Å². The molecular formula is C12H21NO5. The molecule has 0 aliphatic rings. The highest BCUT2D eigenvalue weighted by Gasteiger charge is 2.29. The van der Waals surface area contributed by atoms with Crippen LogP contribution in [0.25, 0.3) is 0 Å². The Hall–Kier alpha value is -1.59. The molecule has 0 fully saturated rings. The number of aliphatic carboxylic acids is 1. The number of carboxylic acid groups (broad SMARTS) is 1. The first-order valence-corrected chi connectivity index (χ1v) is 5.85. The van der Waals surface area contributed by atoms with Gasteiger partial charge in [0.15, 0.2) is 0 Å². The Labute approximate surface area is 107 Å². The molecule has 1 atom stereocenters. The van der Waals surface area contributed by atoms with Gasteiger partial charge < -0.3 is 15.2 Å². The van der Waals surface area contributed by atoms with Crippen LogP contribution in [0, 0.1) is 5.41 Å². The van der Waals surface area contributed by atoms with E-state index in [1.165, 1.54) is 7.11 Å². The molecule has 0 aliphatic carbocycles. The molecule has 0 unspecified atom stereocenters. The van der Waals surface area contributed by atoms with Crippen LogP contribution in [-0.2, 0) is 19.1 Å². The average molecular weight is 259 g/mol. The Morgan fingerprint density at radius 3 is 2.28 bits per heavy atom. The summed E-state index contributed by atoms with van der Waals surface area (Å²) in [4.78, 5) is 33.8. The number of carbonyl (C=O) groups is 3. The number of rotatable bonds is 7. The van der Waals surface area contributed by atoms with Gasteiger partial charge in [-0.3, -0.25) is 9.59 Å². The molecule has 0 bridgehead atoms. The Morgan fingerprint density at radius 2 is 1.89 bits per heavy atom. The minimum Gasteiger partial charge on any atom is -0.480 e. The van der Waals surface area contributed by atoms with Crippen LogP contribution in [0.4, 0.5) is 0 Å². The molecule has 6 heteroatoms. The highest BCUT2D eigenvalue weighted by Crippen LogP contribution is 2.20. The second-order valence-corrected chi connectivity index (χ2v) is 4.72. The number of hydrogen-bond acceptors (Lipinski definition) is 4. The molecular weight excluding hydrogens is 238 g/mol. The molecule has 2 N–H and O–H groups in total. The maximum absolute atomic E-state index is 11.8. The molecule has 0 radical (unpaired) electrons. The molecule has 1 amide bonds. The molecule has 0 aliphatic heterocycles. The van der Waals surface area contributed by atoms with Crippen LogP contribution >= 0.6 is 0 Å². The number of methoxy groups -OCH3 is 1. The van der Waals surface area contributed by atoms with E-state index in [9.17, 15) is 14.4 Å². The SMILES string of the molecule is CCC(C)(C)C(=O)N[C@H](CCC(=O)OC)C(=O)O. The maximum atomic E-state index is 11.8. The van der Waals surface area contributed by atoms with Crippen LogP contribution < -0.4 is 5.32 Å². The van der Waals surface area contributed by atoms with E-state index in [0.717, 1.165) is 0 Å². The normalized spacial score (nSPS) is 12.7. The lowest BCUT2D eigenvalue weighted by Crippen LogP contribution is -2.46. The maximum Gasteiger partial charge on any atom is 0.326 e. The van der Waals surface area contributed by atoms with Gasteiger partial charge in [-0.15, -0.1) is 0 Å². The summed E-state index contributed by atoms with van der Waals surface area (Å²) in [6, 6.07) is -1.07. The highest BCUT2D eigenvalue weighted by atomic mass is 16.5. The van der Waals surface area contributed by atoms with Crippen molar-refractivity contribution in [2.75, 3.05) is 7.11 Å². The number of esters is 1. The summed E-state index contributed by atoms with van der Waals surface area (Å²) < 4.78 is 4.43. The van der Waals surface area contributed by atoms with E-state index in [0.29, 0.717) is 6.42 Å². The van der Waals surface area contributed by atoms with E-state index in [-0.39, 0.29) is 18.7 Å². The standard InChI is InChI=1S/C12H21NO5/c1-5-12(2,3)11(17)13-8(10(15)16)6-7-9(14)18-4/h8H,5-7H2,1-4H3,(H,13,17)(H,15,16)/t8-/m1/s1. The fourth-order valence-corrected chi connectivity index (χ4v) is 1.14. The largest absolute Gasteiger partial charge is 0.480 e. The Balaban J connectivity index is 4.50. The Kier molecular flexibility index (Phi) is 6.36. The van der Waals surface area contributed by atoms with E-state index >= 15 is 0 Å². The number of ether oxygens (including phenoxy) is 1. The molecule has 6 nitrogen and oxygen atoms in total. The summed E-state index contributed by atoms with van der Waals surface area (Å²) in [6.07, 6.45) is 0.579. The van der Waals surface area contributed by atoms with Crippen LogP contribution in [0.1, 0.15) is 40.0 Å². The van der Waals surface area contributed by atoms with Crippen molar-refractivity contribution in [2.24, 2.45) is 5.41 Å². The van der Waals surface area contributed by atoms with Gasteiger partial charge >= 0.3 is 11.9 Å². The van der Waals surface area contributed by atoms with Crippen LogP contribution in [0.15, 0.2) is 0 Å². The molecule has 0 heterocycles. The van der Waals surface area contributed by atoms with Crippen molar-refractivity contribution < 1.29 is 24.2 Å². The van der Waals surface area contributed by atoms with Crippen molar-refractivity contribution in [2.45, 2.75) is 46.1 Å². The lowest BCUT2D eigenvalue weighted by Gasteiger charge is -2.24. The quantitative estimate of drug-likeness (QED) is 0.664. The van der Waals surface area contributed by atoms with Crippen molar-refractivity contribution in [3.8, 4) is 0 Å². The number of carboxylic acids is 1. The predicted octanol–water partition coefficient (Wildman–Crippen LogP) is 0.945. The van der Waals surface area contributed by atoms with Crippen molar-refractivity contribution >= 4 is 17.8 Å². The molecule has 0 saturated carbocycles. The van der Waals surface area contributed by atoms with E-state index in [4.69, 9.17) is 5.11 Å².